The van der Waals surface area contributed by atoms with Crippen LogP contribution in [0.2, 0.25) is 0 Å². The van der Waals surface area contributed by atoms with Crippen LogP contribution in [0, 0.1) is 5.92 Å². The Morgan fingerprint density at radius 1 is 1.00 bits per heavy atom. The number of hydroxylamine groups is 2. The lowest BCUT2D eigenvalue weighted by atomic mass is 9.95. The van der Waals surface area contributed by atoms with E-state index >= 15 is 0 Å². The third kappa shape index (κ3) is 9.14. The van der Waals surface area contributed by atoms with Crippen molar-refractivity contribution in [2.45, 2.75) is 59.3 Å². The van der Waals surface area contributed by atoms with E-state index in [1.807, 2.05) is 0 Å². The molecule has 8 nitrogen and oxygen atoms in total. The summed E-state index contributed by atoms with van der Waals surface area (Å²) in [7, 11) is 1.47. The van der Waals surface area contributed by atoms with Crippen LogP contribution < -0.4 is 0 Å². The molecule has 0 spiro atoms. The molecule has 0 bridgehead atoms. The zero-order valence-electron chi connectivity index (χ0n) is 14.6. The minimum Gasteiger partial charge on any atom is -0.465 e. The molecular formula is C15H27NO7. The van der Waals surface area contributed by atoms with Crippen molar-refractivity contribution in [1.29, 1.82) is 0 Å². The van der Waals surface area contributed by atoms with Crippen molar-refractivity contribution in [3.8, 4) is 0 Å². The summed E-state index contributed by atoms with van der Waals surface area (Å²) in [5.41, 5.74) is 0. The SMILES string of the molecule is CC(=O)OCC(C)C(OC(C)=O)C(CC(C)N(C)O)OC(C)=O. The second kappa shape index (κ2) is 10.2. The maximum Gasteiger partial charge on any atom is 0.303 e. The molecule has 4 unspecified atom stereocenters. The topological polar surface area (TPSA) is 102 Å². The first-order valence-corrected chi connectivity index (χ1v) is 7.44. The third-order valence-corrected chi connectivity index (χ3v) is 3.31. The fourth-order valence-corrected chi connectivity index (χ4v) is 2.04. The van der Waals surface area contributed by atoms with Crippen molar-refractivity contribution in [2.24, 2.45) is 5.92 Å². The zero-order chi connectivity index (χ0) is 18.2. The van der Waals surface area contributed by atoms with E-state index in [0.717, 1.165) is 5.06 Å². The summed E-state index contributed by atoms with van der Waals surface area (Å²) in [6.45, 7) is 7.26. The Bertz CT molecular complexity index is 411. The smallest absolute Gasteiger partial charge is 0.303 e. The molecule has 0 aromatic carbocycles. The van der Waals surface area contributed by atoms with Crippen LogP contribution in [0.15, 0.2) is 0 Å². The van der Waals surface area contributed by atoms with Gasteiger partial charge in [-0.3, -0.25) is 14.4 Å². The molecule has 8 heteroatoms. The van der Waals surface area contributed by atoms with Crippen molar-refractivity contribution in [1.82, 2.24) is 5.06 Å². The van der Waals surface area contributed by atoms with Crippen molar-refractivity contribution in [2.75, 3.05) is 13.7 Å². The highest BCUT2D eigenvalue weighted by Gasteiger charge is 2.34. The van der Waals surface area contributed by atoms with Gasteiger partial charge in [0, 0.05) is 46.2 Å². The summed E-state index contributed by atoms with van der Waals surface area (Å²) in [6, 6.07) is -0.335. The quantitative estimate of drug-likeness (QED) is 0.381. The number of carbonyl (C=O) groups excluding carboxylic acids is 3. The predicted molar refractivity (Wildman–Crippen MR) is 80.5 cm³/mol. The second-order valence-electron chi connectivity index (χ2n) is 5.66. The molecule has 0 fully saturated rings. The molecule has 0 rings (SSSR count). The van der Waals surface area contributed by atoms with Gasteiger partial charge in [0.1, 0.15) is 12.2 Å². The van der Waals surface area contributed by atoms with Crippen molar-refractivity contribution >= 4 is 17.9 Å². The summed E-state index contributed by atoms with van der Waals surface area (Å²) in [5, 5.41) is 10.5. The highest BCUT2D eigenvalue weighted by Crippen LogP contribution is 2.21. The molecule has 23 heavy (non-hydrogen) atoms. The molecule has 0 saturated carbocycles. The van der Waals surface area contributed by atoms with Crippen molar-refractivity contribution in [3.63, 3.8) is 0 Å². The summed E-state index contributed by atoms with van der Waals surface area (Å²) in [5.74, 6) is -1.90. The number of nitrogens with zero attached hydrogens (tertiary/aromatic N) is 1. The average molecular weight is 333 g/mol. The van der Waals surface area contributed by atoms with E-state index < -0.39 is 30.1 Å². The van der Waals surface area contributed by atoms with Gasteiger partial charge < -0.3 is 19.4 Å². The lowest BCUT2D eigenvalue weighted by Gasteiger charge is -2.32. The number of hydrogen-bond donors (Lipinski definition) is 1. The second-order valence-corrected chi connectivity index (χ2v) is 5.66. The van der Waals surface area contributed by atoms with Gasteiger partial charge >= 0.3 is 17.9 Å². The molecule has 0 radical (unpaired) electrons. The molecule has 0 aliphatic heterocycles. The molecule has 1 N–H and O–H groups in total. The third-order valence-electron chi connectivity index (χ3n) is 3.31. The fraction of sp³-hybridized carbons (Fsp3) is 0.800. The molecule has 0 aliphatic carbocycles. The van der Waals surface area contributed by atoms with Gasteiger partial charge in [-0.05, 0) is 6.92 Å². The van der Waals surface area contributed by atoms with Crippen LogP contribution in [0.5, 0.6) is 0 Å². The summed E-state index contributed by atoms with van der Waals surface area (Å²) < 4.78 is 15.5. The van der Waals surface area contributed by atoms with E-state index in [9.17, 15) is 19.6 Å². The molecule has 0 aromatic rings. The summed E-state index contributed by atoms with van der Waals surface area (Å²) in [6.07, 6.45) is -1.32. The maximum atomic E-state index is 11.4. The first kappa shape index (κ1) is 21.3. The van der Waals surface area contributed by atoms with Gasteiger partial charge in [-0.15, -0.1) is 0 Å². The van der Waals surface area contributed by atoms with E-state index in [1.54, 1.807) is 13.8 Å². The highest BCUT2D eigenvalue weighted by atomic mass is 16.6. The van der Waals surface area contributed by atoms with Crippen molar-refractivity contribution in [3.05, 3.63) is 0 Å². The standard InChI is InChI=1S/C15H27NO7/c1-9(8-21-11(3)17)15(23-13(5)19)14(22-12(4)18)7-10(2)16(6)20/h9-10,14-15,20H,7-8H2,1-6H3. The fourth-order valence-electron chi connectivity index (χ4n) is 2.04. The van der Waals surface area contributed by atoms with Crippen LogP contribution in [0.25, 0.3) is 0 Å². The Kier molecular flexibility index (Phi) is 9.43. The number of hydrogen-bond acceptors (Lipinski definition) is 8. The first-order chi connectivity index (χ1) is 10.5. The number of esters is 3. The normalized spacial score (nSPS) is 16.2. The molecule has 4 atom stereocenters. The first-order valence-electron chi connectivity index (χ1n) is 7.44. The van der Waals surface area contributed by atoms with Crippen LogP contribution >= 0.6 is 0 Å². The van der Waals surface area contributed by atoms with Gasteiger partial charge in [-0.1, -0.05) is 6.92 Å². The number of ether oxygens (including phenoxy) is 3. The Morgan fingerprint density at radius 3 is 1.91 bits per heavy atom. The molecule has 0 aliphatic rings. The van der Waals surface area contributed by atoms with Crippen LogP contribution in [0.1, 0.15) is 41.0 Å². The Morgan fingerprint density at radius 2 is 1.52 bits per heavy atom. The summed E-state index contributed by atoms with van der Waals surface area (Å²) in [4.78, 5) is 33.7. The zero-order valence-corrected chi connectivity index (χ0v) is 14.6. The largest absolute Gasteiger partial charge is 0.465 e. The maximum absolute atomic E-state index is 11.4. The average Bonchev–Trinajstić information content (AvgIpc) is 2.40. The van der Waals surface area contributed by atoms with Gasteiger partial charge in [0.2, 0.25) is 0 Å². The Balaban J connectivity index is 5.22. The van der Waals surface area contributed by atoms with Gasteiger partial charge in [-0.2, -0.15) is 5.06 Å². The lowest BCUT2D eigenvalue weighted by molar-refractivity contribution is -0.178. The van der Waals surface area contributed by atoms with Crippen molar-refractivity contribution < 1.29 is 33.8 Å². The van der Waals surface area contributed by atoms with Gasteiger partial charge in [0.25, 0.3) is 0 Å². The molecular weight excluding hydrogens is 306 g/mol. The van der Waals surface area contributed by atoms with E-state index in [0.29, 0.717) is 0 Å². The Labute approximate surface area is 136 Å². The van der Waals surface area contributed by atoms with E-state index in [2.05, 4.69) is 0 Å². The Hall–Kier alpha value is -1.67. The monoisotopic (exact) mass is 333 g/mol. The number of rotatable bonds is 9. The minimum atomic E-state index is -0.793. The predicted octanol–water partition coefficient (Wildman–Crippen LogP) is 1.15. The van der Waals surface area contributed by atoms with E-state index in [4.69, 9.17) is 14.2 Å². The van der Waals surface area contributed by atoms with Gasteiger partial charge in [-0.25, -0.2) is 0 Å². The van der Waals surface area contributed by atoms with Gasteiger partial charge in [0.05, 0.1) is 6.61 Å². The summed E-state index contributed by atoms with van der Waals surface area (Å²) >= 11 is 0. The van der Waals surface area contributed by atoms with Gasteiger partial charge in [0.15, 0.2) is 0 Å². The van der Waals surface area contributed by atoms with E-state index in [1.165, 1.54) is 27.8 Å². The van der Waals surface area contributed by atoms with Crippen LogP contribution in [-0.4, -0.2) is 60.1 Å². The molecule has 0 saturated heterocycles. The minimum absolute atomic E-state index is 0.0222. The van der Waals surface area contributed by atoms with Crippen LogP contribution in [0.4, 0.5) is 0 Å². The molecule has 0 heterocycles. The lowest BCUT2D eigenvalue weighted by Crippen LogP contribution is -2.44. The molecule has 0 aromatic heterocycles. The highest BCUT2D eigenvalue weighted by molar-refractivity contribution is 5.67. The van der Waals surface area contributed by atoms with Crippen LogP contribution in [0.3, 0.4) is 0 Å². The van der Waals surface area contributed by atoms with E-state index in [-0.39, 0.29) is 25.0 Å². The molecule has 134 valence electrons. The van der Waals surface area contributed by atoms with Crippen LogP contribution in [-0.2, 0) is 28.6 Å². The number of carbonyl (C=O) groups is 3. The molecule has 0 amide bonds.